The highest BCUT2D eigenvalue weighted by Gasteiger charge is 2.17. The first kappa shape index (κ1) is 19.4. The number of rotatable bonds is 4. The summed E-state index contributed by atoms with van der Waals surface area (Å²) in [5, 5.41) is 6.01. The molecule has 0 spiro atoms. The van der Waals surface area contributed by atoms with Crippen molar-refractivity contribution in [3.05, 3.63) is 42.7 Å². The number of carbonyl (C=O) groups excluding carboxylic acids is 1. The molecule has 1 fully saturated rings. The molecule has 2 aromatic rings. The van der Waals surface area contributed by atoms with E-state index in [1.54, 1.807) is 29.1 Å². The number of imidazole rings is 1. The lowest BCUT2D eigenvalue weighted by Crippen LogP contribution is -2.27. The van der Waals surface area contributed by atoms with Crippen LogP contribution in [-0.4, -0.2) is 28.0 Å². The van der Waals surface area contributed by atoms with E-state index in [1.165, 1.54) is 12.4 Å². The molecule has 0 radical (unpaired) electrons. The van der Waals surface area contributed by atoms with Gasteiger partial charge in [0, 0.05) is 30.5 Å². The van der Waals surface area contributed by atoms with E-state index in [-0.39, 0.29) is 36.8 Å². The van der Waals surface area contributed by atoms with Gasteiger partial charge in [0.1, 0.15) is 5.82 Å². The van der Waals surface area contributed by atoms with Gasteiger partial charge in [0.15, 0.2) is 0 Å². The molecule has 8 heteroatoms. The quantitative estimate of drug-likeness (QED) is 0.881. The summed E-state index contributed by atoms with van der Waals surface area (Å²) in [4.78, 5) is 15.8. The van der Waals surface area contributed by atoms with E-state index < -0.39 is 5.82 Å². The minimum absolute atomic E-state index is 0. The van der Waals surface area contributed by atoms with Crippen LogP contribution in [0, 0.1) is 5.82 Å². The Kier molecular flexibility index (Phi) is 7.48. The number of hydrogen-bond acceptors (Lipinski definition) is 3. The second-order valence-electron chi connectivity index (χ2n) is 5.18. The standard InChI is InChI=1S/C15H17FN4O.2ClH/c16-13-8-12(3-4-14(13)20-7-6-17-10-20)19-15(21)9-11-2-1-5-18-11;;/h3-4,6-8,10-11,18H,1-2,5,9H2,(H,19,21);2*1H. The Labute approximate surface area is 146 Å². The highest BCUT2D eigenvalue weighted by molar-refractivity contribution is 5.91. The number of carbonyl (C=O) groups is 1. The van der Waals surface area contributed by atoms with Gasteiger partial charge in [-0.2, -0.15) is 0 Å². The SMILES string of the molecule is Cl.Cl.O=C(CC1CCCN1)Nc1ccc(-n2ccnc2)c(F)c1. The van der Waals surface area contributed by atoms with E-state index in [9.17, 15) is 9.18 Å². The zero-order valence-electron chi connectivity index (χ0n) is 12.4. The van der Waals surface area contributed by atoms with E-state index in [2.05, 4.69) is 15.6 Å². The van der Waals surface area contributed by atoms with Crippen LogP contribution in [0.5, 0.6) is 0 Å². The van der Waals surface area contributed by atoms with Gasteiger partial charge in [0.25, 0.3) is 0 Å². The highest BCUT2D eigenvalue weighted by Crippen LogP contribution is 2.18. The molecule has 126 valence electrons. The Bertz CT molecular complexity index is 630. The maximum Gasteiger partial charge on any atom is 0.225 e. The third kappa shape index (κ3) is 4.92. The monoisotopic (exact) mass is 360 g/mol. The lowest BCUT2D eigenvalue weighted by molar-refractivity contribution is -0.116. The summed E-state index contributed by atoms with van der Waals surface area (Å²) in [7, 11) is 0. The molecule has 0 saturated carbocycles. The summed E-state index contributed by atoms with van der Waals surface area (Å²) in [6.07, 6.45) is 7.33. The molecule has 1 amide bonds. The van der Waals surface area contributed by atoms with Crippen molar-refractivity contribution in [2.75, 3.05) is 11.9 Å². The van der Waals surface area contributed by atoms with Crippen LogP contribution in [0.15, 0.2) is 36.9 Å². The molecule has 1 unspecified atom stereocenters. The maximum atomic E-state index is 14.1. The molecule has 23 heavy (non-hydrogen) atoms. The van der Waals surface area contributed by atoms with Crippen molar-refractivity contribution in [1.82, 2.24) is 14.9 Å². The molecule has 1 aromatic carbocycles. The van der Waals surface area contributed by atoms with Crippen LogP contribution >= 0.6 is 24.8 Å². The van der Waals surface area contributed by atoms with E-state index in [0.29, 0.717) is 17.8 Å². The van der Waals surface area contributed by atoms with Crippen LogP contribution in [0.4, 0.5) is 10.1 Å². The average Bonchev–Trinajstić information content (AvgIpc) is 3.11. The summed E-state index contributed by atoms with van der Waals surface area (Å²) in [6.45, 7) is 0.964. The largest absolute Gasteiger partial charge is 0.326 e. The fourth-order valence-electron chi connectivity index (χ4n) is 2.56. The Morgan fingerprint density at radius 3 is 2.87 bits per heavy atom. The molecule has 1 atom stereocenters. The smallest absolute Gasteiger partial charge is 0.225 e. The fourth-order valence-corrected chi connectivity index (χ4v) is 2.56. The summed E-state index contributed by atoms with van der Waals surface area (Å²) in [6, 6.07) is 4.88. The minimum Gasteiger partial charge on any atom is -0.326 e. The molecule has 2 N–H and O–H groups in total. The lowest BCUT2D eigenvalue weighted by Gasteiger charge is -2.11. The van der Waals surface area contributed by atoms with Gasteiger partial charge in [-0.15, -0.1) is 24.8 Å². The van der Waals surface area contributed by atoms with Crippen molar-refractivity contribution in [1.29, 1.82) is 0 Å². The number of amides is 1. The molecule has 3 rings (SSSR count). The molecule has 5 nitrogen and oxygen atoms in total. The fraction of sp³-hybridized carbons (Fsp3) is 0.333. The molecule has 1 aliphatic heterocycles. The van der Waals surface area contributed by atoms with Crippen molar-refractivity contribution < 1.29 is 9.18 Å². The second-order valence-corrected chi connectivity index (χ2v) is 5.18. The topological polar surface area (TPSA) is 59.0 Å². The van der Waals surface area contributed by atoms with Gasteiger partial charge >= 0.3 is 0 Å². The lowest BCUT2D eigenvalue weighted by atomic mass is 10.1. The van der Waals surface area contributed by atoms with Gasteiger partial charge in [-0.25, -0.2) is 9.37 Å². The van der Waals surface area contributed by atoms with Crippen molar-refractivity contribution >= 4 is 36.4 Å². The average molecular weight is 361 g/mol. The number of aromatic nitrogens is 2. The Hall–Kier alpha value is -1.63. The Morgan fingerprint density at radius 2 is 2.26 bits per heavy atom. The second kappa shape index (κ2) is 8.86. The van der Waals surface area contributed by atoms with Gasteiger partial charge in [-0.1, -0.05) is 0 Å². The van der Waals surface area contributed by atoms with E-state index in [0.717, 1.165) is 19.4 Å². The highest BCUT2D eigenvalue weighted by atomic mass is 35.5. The zero-order chi connectivity index (χ0) is 14.7. The first-order valence-corrected chi connectivity index (χ1v) is 7.03. The molecule has 0 bridgehead atoms. The molecule has 1 aliphatic rings. The molecule has 2 heterocycles. The van der Waals surface area contributed by atoms with Crippen molar-refractivity contribution in [2.45, 2.75) is 25.3 Å². The Morgan fingerprint density at radius 1 is 1.43 bits per heavy atom. The molecular weight excluding hydrogens is 342 g/mol. The maximum absolute atomic E-state index is 14.1. The summed E-state index contributed by atoms with van der Waals surface area (Å²) < 4.78 is 15.6. The van der Waals surface area contributed by atoms with Crippen LogP contribution in [0.25, 0.3) is 5.69 Å². The summed E-state index contributed by atoms with van der Waals surface area (Å²) in [5.41, 5.74) is 0.877. The van der Waals surface area contributed by atoms with E-state index in [1.807, 2.05) is 0 Å². The minimum atomic E-state index is -0.398. The van der Waals surface area contributed by atoms with Gasteiger partial charge < -0.3 is 15.2 Å². The van der Waals surface area contributed by atoms with Gasteiger partial charge in [0.2, 0.25) is 5.91 Å². The molecule has 1 saturated heterocycles. The predicted octanol–water partition coefficient (Wildman–Crippen LogP) is 2.94. The summed E-state index contributed by atoms with van der Waals surface area (Å²) in [5.74, 6) is -0.492. The van der Waals surface area contributed by atoms with Crippen molar-refractivity contribution in [3.63, 3.8) is 0 Å². The number of anilines is 1. The number of nitrogens with one attached hydrogen (secondary N) is 2. The number of nitrogens with zero attached hydrogens (tertiary/aromatic N) is 2. The number of hydrogen-bond donors (Lipinski definition) is 2. The molecule has 0 aliphatic carbocycles. The van der Waals surface area contributed by atoms with E-state index >= 15 is 0 Å². The third-order valence-electron chi connectivity index (χ3n) is 3.61. The van der Waals surface area contributed by atoms with E-state index in [4.69, 9.17) is 0 Å². The van der Waals surface area contributed by atoms with Gasteiger partial charge in [-0.3, -0.25) is 4.79 Å². The number of halogens is 3. The van der Waals surface area contributed by atoms with Crippen LogP contribution in [0.1, 0.15) is 19.3 Å². The first-order chi connectivity index (χ1) is 10.2. The first-order valence-electron chi connectivity index (χ1n) is 7.03. The van der Waals surface area contributed by atoms with Crippen LogP contribution in [0.2, 0.25) is 0 Å². The van der Waals surface area contributed by atoms with Crippen LogP contribution < -0.4 is 10.6 Å². The number of benzene rings is 1. The summed E-state index contributed by atoms with van der Waals surface area (Å²) >= 11 is 0. The normalized spacial score (nSPS) is 16.3. The molecular formula is C15H19Cl2FN4O. The van der Waals surface area contributed by atoms with Gasteiger partial charge in [-0.05, 0) is 37.6 Å². The third-order valence-corrected chi connectivity index (χ3v) is 3.61. The van der Waals surface area contributed by atoms with Crippen molar-refractivity contribution in [3.8, 4) is 5.69 Å². The van der Waals surface area contributed by atoms with Crippen LogP contribution in [0.3, 0.4) is 0 Å². The molecule has 1 aromatic heterocycles. The van der Waals surface area contributed by atoms with Crippen molar-refractivity contribution in [2.24, 2.45) is 0 Å². The zero-order valence-corrected chi connectivity index (χ0v) is 14.0. The van der Waals surface area contributed by atoms with Crippen LogP contribution in [-0.2, 0) is 4.79 Å². The predicted molar refractivity (Wildman–Crippen MR) is 92.3 cm³/mol. The van der Waals surface area contributed by atoms with Gasteiger partial charge in [0.05, 0.1) is 12.0 Å². The Balaban J connectivity index is 0.00000132.